The third kappa shape index (κ3) is 0.921. The molecule has 0 aliphatic carbocycles. The number of nitrogens with zero attached hydrogens (tertiary/aromatic N) is 1. The van der Waals surface area contributed by atoms with E-state index in [9.17, 15) is 5.11 Å². The molecular formula is C8H10N2O2. The van der Waals surface area contributed by atoms with Gasteiger partial charge in [0.1, 0.15) is 0 Å². The Balaban J connectivity index is 2.55. The number of nitrogens with one attached hydrogen (secondary N) is 1. The van der Waals surface area contributed by atoms with Gasteiger partial charge in [-0.05, 0) is 25.5 Å². The first kappa shape index (κ1) is 7.36. The molecule has 2 rings (SSSR count). The molecule has 64 valence electrons. The number of ether oxygens (including phenoxy) is 1. The highest BCUT2D eigenvalue weighted by Gasteiger charge is 2.20. The van der Waals surface area contributed by atoms with E-state index in [1.54, 1.807) is 6.08 Å². The van der Waals surface area contributed by atoms with Crippen LogP contribution < -0.4 is 4.74 Å². The first-order chi connectivity index (χ1) is 5.68. The fourth-order valence-corrected chi connectivity index (χ4v) is 1.40. The first-order valence-corrected chi connectivity index (χ1v) is 3.77. The number of aryl methyl sites for hydroxylation is 1. The number of hydrogen-bond donors (Lipinski definition) is 2. The van der Waals surface area contributed by atoms with Crippen molar-refractivity contribution in [3.05, 3.63) is 17.3 Å². The van der Waals surface area contributed by atoms with Gasteiger partial charge in [-0.3, -0.25) is 5.10 Å². The van der Waals surface area contributed by atoms with Crippen molar-refractivity contribution in [3.8, 4) is 5.88 Å². The normalized spacial score (nSPS) is 21.2. The molecule has 1 aliphatic rings. The Bertz CT molecular complexity index is 341. The predicted molar refractivity (Wildman–Crippen MR) is 43.6 cm³/mol. The Labute approximate surface area is 69.9 Å². The molecule has 0 saturated carbocycles. The molecule has 0 amide bonds. The summed E-state index contributed by atoms with van der Waals surface area (Å²) in [6.07, 6.45) is 0.797. The van der Waals surface area contributed by atoms with Crippen LogP contribution in [0.25, 0.3) is 5.57 Å². The van der Waals surface area contributed by atoms with Gasteiger partial charge in [0.2, 0.25) is 12.2 Å². The summed E-state index contributed by atoms with van der Waals surface area (Å²) in [5, 5.41) is 15.9. The molecule has 2 heterocycles. The van der Waals surface area contributed by atoms with Crippen molar-refractivity contribution < 1.29 is 9.84 Å². The van der Waals surface area contributed by atoms with Crippen LogP contribution in [0.5, 0.6) is 5.88 Å². The second kappa shape index (κ2) is 2.35. The molecule has 0 radical (unpaired) electrons. The SMILES string of the molecule is CC1=CC(O)Oc2n[nH]c(C)c21. The Morgan fingerprint density at radius 1 is 1.58 bits per heavy atom. The van der Waals surface area contributed by atoms with Crippen molar-refractivity contribution >= 4 is 5.57 Å². The zero-order chi connectivity index (χ0) is 8.72. The molecule has 1 unspecified atom stereocenters. The van der Waals surface area contributed by atoms with E-state index in [1.165, 1.54) is 0 Å². The van der Waals surface area contributed by atoms with Crippen LogP contribution in [0.3, 0.4) is 0 Å². The quantitative estimate of drug-likeness (QED) is 0.600. The predicted octanol–water partition coefficient (Wildman–Crippen LogP) is 0.832. The standard InChI is InChI=1S/C8H10N2O2/c1-4-3-6(11)12-8-7(4)5(2)9-10-8/h3,6,11H,1-2H3,(H,9,10). The lowest BCUT2D eigenvalue weighted by atomic mass is 10.1. The summed E-state index contributed by atoms with van der Waals surface area (Å²) >= 11 is 0. The Morgan fingerprint density at radius 3 is 3.08 bits per heavy atom. The number of hydrogen-bond acceptors (Lipinski definition) is 3. The monoisotopic (exact) mass is 166 g/mol. The molecule has 0 spiro atoms. The number of allylic oxidation sites excluding steroid dienone is 1. The lowest BCUT2D eigenvalue weighted by Crippen LogP contribution is -2.16. The smallest absolute Gasteiger partial charge is 0.242 e. The van der Waals surface area contributed by atoms with E-state index in [0.717, 1.165) is 16.8 Å². The number of aromatic nitrogens is 2. The van der Waals surface area contributed by atoms with Gasteiger partial charge in [-0.15, -0.1) is 5.10 Å². The lowest BCUT2D eigenvalue weighted by Gasteiger charge is -2.15. The van der Waals surface area contributed by atoms with Gasteiger partial charge in [-0.2, -0.15) is 0 Å². The number of aliphatic hydroxyl groups excluding tert-OH is 1. The summed E-state index contributed by atoms with van der Waals surface area (Å²) in [7, 11) is 0. The van der Waals surface area contributed by atoms with Gasteiger partial charge in [0.15, 0.2) is 0 Å². The maximum absolute atomic E-state index is 9.18. The molecule has 4 heteroatoms. The molecule has 4 nitrogen and oxygen atoms in total. The van der Waals surface area contributed by atoms with Crippen LogP contribution in [0.15, 0.2) is 6.08 Å². The maximum atomic E-state index is 9.18. The fraction of sp³-hybridized carbons (Fsp3) is 0.375. The molecule has 0 aromatic carbocycles. The van der Waals surface area contributed by atoms with Crippen molar-refractivity contribution in [1.82, 2.24) is 10.2 Å². The van der Waals surface area contributed by atoms with E-state index >= 15 is 0 Å². The lowest BCUT2D eigenvalue weighted by molar-refractivity contribution is 0.0188. The summed E-state index contributed by atoms with van der Waals surface area (Å²) in [4.78, 5) is 0. The van der Waals surface area contributed by atoms with Crippen LogP contribution in [0.1, 0.15) is 18.2 Å². The highest BCUT2D eigenvalue weighted by Crippen LogP contribution is 2.31. The van der Waals surface area contributed by atoms with Crippen molar-refractivity contribution in [1.29, 1.82) is 0 Å². The third-order valence-electron chi connectivity index (χ3n) is 1.93. The van der Waals surface area contributed by atoms with E-state index in [2.05, 4.69) is 10.2 Å². The second-order valence-corrected chi connectivity index (χ2v) is 2.89. The Kier molecular flexibility index (Phi) is 1.44. The number of fused-ring (bicyclic) bond motifs is 1. The average Bonchev–Trinajstić information content (AvgIpc) is 2.31. The number of aromatic amines is 1. The van der Waals surface area contributed by atoms with Crippen LogP contribution >= 0.6 is 0 Å². The van der Waals surface area contributed by atoms with Crippen molar-refractivity contribution in [2.45, 2.75) is 20.1 Å². The molecular weight excluding hydrogens is 156 g/mol. The van der Waals surface area contributed by atoms with Crippen LogP contribution in [0, 0.1) is 6.92 Å². The van der Waals surface area contributed by atoms with Crippen LogP contribution in [0.4, 0.5) is 0 Å². The van der Waals surface area contributed by atoms with Gasteiger partial charge in [0.05, 0.1) is 5.56 Å². The minimum atomic E-state index is -0.861. The van der Waals surface area contributed by atoms with Gasteiger partial charge in [-0.25, -0.2) is 0 Å². The zero-order valence-electron chi connectivity index (χ0n) is 6.96. The topological polar surface area (TPSA) is 58.1 Å². The third-order valence-corrected chi connectivity index (χ3v) is 1.93. The Morgan fingerprint density at radius 2 is 2.33 bits per heavy atom. The summed E-state index contributed by atoms with van der Waals surface area (Å²) in [6.45, 7) is 3.84. The molecule has 2 N–H and O–H groups in total. The fourth-order valence-electron chi connectivity index (χ4n) is 1.40. The van der Waals surface area contributed by atoms with Gasteiger partial charge in [-0.1, -0.05) is 0 Å². The van der Waals surface area contributed by atoms with E-state index in [4.69, 9.17) is 4.74 Å². The van der Waals surface area contributed by atoms with E-state index in [1.807, 2.05) is 13.8 Å². The van der Waals surface area contributed by atoms with E-state index in [0.29, 0.717) is 5.88 Å². The zero-order valence-corrected chi connectivity index (χ0v) is 6.96. The van der Waals surface area contributed by atoms with Crippen molar-refractivity contribution in [3.63, 3.8) is 0 Å². The van der Waals surface area contributed by atoms with E-state index < -0.39 is 6.29 Å². The number of aliphatic hydroxyl groups is 1. The van der Waals surface area contributed by atoms with E-state index in [-0.39, 0.29) is 0 Å². The van der Waals surface area contributed by atoms with Crippen LogP contribution in [0.2, 0.25) is 0 Å². The largest absolute Gasteiger partial charge is 0.443 e. The molecule has 1 aromatic rings. The first-order valence-electron chi connectivity index (χ1n) is 3.77. The summed E-state index contributed by atoms with van der Waals surface area (Å²) in [5.74, 6) is 0.486. The van der Waals surface area contributed by atoms with Gasteiger partial charge in [0, 0.05) is 5.69 Å². The van der Waals surface area contributed by atoms with Gasteiger partial charge in [0.25, 0.3) is 0 Å². The number of H-pyrrole nitrogens is 1. The van der Waals surface area contributed by atoms with Crippen molar-refractivity contribution in [2.75, 3.05) is 0 Å². The Hall–Kier alpha value is -1.29. The molecule has 12 heavy (non-hydrogen) atoms. The second-order valence-electron chi connectivity index (χ2n) is 2.89. The highest BCUT2D eigenvalue weighted by molar-refractivity contribution is 5.71. The minimum absolute atomic E-state index is 0.486. The molecule has 0 bridgehead atoms. The summed E-state index contributed by atoms with van der Waals surface area (Å²) < 4.78 is 5.06. The van der Waals surface area contributed by atoms with Crippen LogP contribution in [-0.2, 0) is 0 Å². The molecule has 0 fully saturated rings. The van der Waals surface area contributed by atoms with Gasteiger partial charge < -0.3 is 9.84 Å². The summed E-state index contributed by atoms with van der Waals surface area (Å²) in [6, 6.07) is 0. The van der Waals surface area contributed by atoms with Crippen LogP contribution in [-0.4, -0.2) is 21.6 Å². The number of rotatable bonds is 0. The molecule has 1 atom stereocenters. The minimum Gasteiger partial charge on any atom is -0.443 e. The molecule has 0 saturated heterocycles. The highest BCUT2D eigenvalue weighted by atomic mass is 16.6. The average molecular weight is 166 g/mol. The molecule has 1 aromatic heterocycles. The maximum Gasteiger partial charge on any atom is 0.242 e. The molecule has 1 aliphatic heterocycles. The summed E-state index contributed by atoms with van der Waals surface area (Å²) in [5.41, 5.74) is 2.92. The van der Waals surface area contributed by atoms with Crippen molar-refractivity contribution in [2.24, 2.45) is 0 Å². The van der Waals surface area contributed by atoms with Gasteiger partial charge >= 0.3 is 0 Å².